The number of aryl methyl sites for hydroxylation is 1. The summed E-state index contributed by atoms with van der Waals surface area (Å²) in [5, 5.41) is 2.49. The number of anilines is 1. The van der Waals surface area contributed by atoms with E-state index in [1.807, 2.05) is 0 Å². The quantitative estimate of drug-likeness (QED) is 0.853. The number of hydrogen-bond donors (Lipinski definition) is 2. The summed E-state index contributed by atoms with van der Waals surface area (Å²) < 4.78 is 28.3. The zero-order valence-corrected chi connectivity index (χ0v) is 14.5. The third-order valence-corrected chi connectivity index (χ3v) is 5.08. The Morgan fingerprint density at radius 2 is 1.82 bits per heavy atom. The summed E-state index contributed by atoms with van der Waals surface area (Å²) in [5.74, 6) is -0.357. The van der Waals surface area contributed by atoms with Crippen LogP contribution in [0.5, 0.6) is 0 Å². The maximum atomic E-state index is 12.6. The van der Waals surface area contributed by atoms with Crippen LogP contribution in [0.3, 0.4) is 0 Å². The van der Waals surface area contributed by atoms with E-state index in [9.17, 15) is 13.2 Å². The van der Waals surface area contributed by atoms with Crippen molar-refractivity contribution in [1.29, 1.82) is 0 Å². The van der Waals surface area contributed by atoms with Crippen LogP contribution in [0.4, 0.5) is 5.69 Å². The maximum Gasteiger partial charge on any atom is 0.262 e. The highest BCUT2D eigenvalue weighted by atomic mass is 79.9. The van der Waals surface area contributed by atoms with Gasteiger partial charge in [-0.15, -0.1) is 0 Å². The van der Waals surface area contributed by atoms with Crippen LogP contribution in [0.15, 0.2) is 51.8 Å². The van der Waals surface area contributed by atoms with Crippen molar-refractivity contribution in [2.45, 2.75) is 11.8 Å². The van der Waals surface area contributed by atoms with Crippen molar-refractivity contribution in [3.05, 3.63) is 58.1 Å². The maximum absolute atomic E-state index is 12.6. The molecule has 0 atom stereocenters. The lowest BCUT2D eigenvalue weighted by atomic mass is 10.2. The first-order valence-electron chi connectivity index (χ1n) is 6.45. The average Bonchev–Trinajstić information content (AvgIpc) is 2.49. The van der Waals surface area contributed by atoms with Gasteiger partial charge in [-0.1, -0.05) is 34.1 Å². The van der Waals surface area contributed by atoms with Crippen molar-refractivity contribution in [2.75, 3.05) is 11.8 Å². The Morgan fingerprint density at radius 3 is 2.50 bits per heavy atom. The zero-order valence-electron chi connectivity index (χ0n) is 12.1. The number of halogens is 1. The minimum Gasteiger partial charge on any atom is -0.355 e. The van der Waals surface area contributed by atoms with Gasteiger partial charge in [0.1, 0.15) is 0 Å². The van der Waals surface area contributed by atoms with Crippen molar-refractivity contribution < 1.29 is 13.2 Å². The topological polar surface area (TPSA) is 75.3 Å². The van der Waals surface area contributed by atoms with Gasteiger partial charge in [-0.3, -0.25) is 9.52 Å². The number of para-hydroxylation sites is 1. The Morgan fingerprint density at radius 1 is 1.14 bits per heavy atom. The van der Waals surface area contributed by atoms with Gasteiger partial charge in [0.05, 0.1) is 16.1 Å². The van der Waals surface area contributed by atoms with Crippen molar-refractivity contribution in [2.24, 2.45) is 0 Å². The van der Waals surface area contributed by atoms with E-state index >= 15 is 0 Å². The lowest BCUT2D eigenvalue weighted by Gasteiger charge is -2.13. The second kappa shape index (κ2) is 6.50. The predicted molar refractivity (Wildman–Crippen MR) is 89.5 cm³/mol. The van der Waals surface area contributed by atoms with E-state index < -0.39 is 10.0 Å². The summed E-state index contributed by atoms with van der Waals surface area (Å²) >= 11 is 3.27. The first-order chi connectivity index (χ1) is 10.3. The number of carbonyl (C=O) groups is 1. The van der Waals surface area contributed by atoms with Gasteiger partial charge >= 0.3 is 0 Å². The van der Waals surface area contributed by atoms with Gasteiger partial charge in [0, 0.05) is 11.5 Å². The third-order valence-electron chi connectivity index (χ3n) is 3.08. The molecule has 22 heavy (non-hydrogen) atoms. The minimum atomic E-state index is -3.79. The molecule has 0 fully saturated rings. The Hall–Kier alpha value is -1.86. The van der Waals surface area contributed by atoms with Crippen LogP contribution in [0, 0.1) is 6.92 Å². The highest BCUT2D eigenvalue weighted by Crippen LogP contribution is 2.24. The molecule has 2 aromatic carbocycles. The second-order valence-corrected chi connectivity index (χ2v) is 7.21. The molecule has 0 spiro atoms. The van der Waals surface area contributed by atoms with Gasteiger partial charge in [-0.05, 0) is 36.8 Å². The summed E-state index contributed by atoms with van der Waals surface area (Å²) in [6.07, 6.45) is 0. The van der Waals surface area contributed by atoms with Gasteiger partial charge in [-0.25, -0.2) is 8.42 Å². The summed E-state index contributed by atoms with van der Waals surface area (Å²) in [7, 11) is -2.30. The van der Waals surface area contributed by atoms with Gasteiger partial charge in [0.15, 0.2) is 0 Å². The SMILES string of the molecule is CNC(=O)c1ccccc1NS(=O)(=O)c1cc(Br)ccc1C. The number of sulfonamides is 1. The lowest BCUT2D eigenvalue weighted by molar-refractivity contribution is 0.0964. The molecule has 0 saturated heterocycles. The van der Waals surface area contributed by atoms with Crippen LogP contribution < -0.4 is 10.0 Å². The Labute approximate surface area is 137 Å². The molecule has 5 nitrogen and oxygen atoms in total. The van der Waals surface area contributed by atoms with Gasteiger partial charge < -0.3 is 5.32 Å². The molecule has 0 radical (unpaired) electrons. The summed E-state index contributed by atoms with van der Waals surface area (Å²) in [6.45, 7) is 1.71. The van der Waals surface area contributed by atoms with E-state index in [4.69, 9.17) is 0 Å². The molecule has 0 aliphatic heterocycles. The zero-order chi connectivity index (χ0) is 16.3. The van der Waals surface area contributed by atoms with E-state index in [1.165, 1.54) is 13.1 Å². The summed E-state index contributed by atoms with van der Waals surface area (Å²) in [4.78, 5) is 12.0. The minimum absolute atomic E-state index is 0.161. The monoisotopic (exact) mass is 382 g/mol. The molecule has 2 N–H and O–H groups in total. The largest absolute Gasteiger partial charge is 0.355 e. The molecule has 2 aromatic rings. The fourth-order valence-corrected chi connectivity index (χ4v) is 3.83. The molecule has 0 saturated carbocycles. The van der Waals surface area contributed by atoms with Crippen LogP contribution in [0.25, 0.3) is 0 Å². The van der Waals surface area contributed by atoms with Crippen LogP contribution in [0.2, 0.25) is 0 Å². The average molecular weight is 383 g/mol. The molecule has 1 amide bonds. The lowest BCUT2D eigenvalue weighted by Crippen LogP contribution is -2.22. The Bertz CT molecular complexity index is 819. The van der Waals surface area contributed by atoms with Crippen molar-refractivity contribution >= 4 is 37.5 Å². The molecule has 7 heteroatoms. The molecule has 116 valence electrons. The second-order valence-electron chi connectivity index (χ2n) is 4.64. The van der Waals surface area contributed by atoms with E-state index in [2.05, 4.69) is 26.0 Å². The molecule has 0 heterocycles. The number of benzene rings is 2. The molecular formula is C15H15BrN2O3S. The molecule has 0 bridgehead atoms. The Balaban J connectivity index is 2.46. The molecular weight excluding hydrogens is 368 g/mol. The normalized spacial score (nSPS) is 11.0. The van der Waals surface area contributed by atoms with Crippen LogP contribution in [-0.4, -0.2) is 21.4 Å². The van der Waals surface area contributed by atoms with E-state index in [0.717, 1.165) is 0 Å². The fraction of sp³-hybridized carbons (Fsp3) is 0.133. The first-order valence-corrected chi connectivity index (χ1v) is 8.73. The number of rotatable bonds is 4. The van der Waals surface area contributed by atoms with Gasteiger partial charge in [-0.2, -0.15) is 0 Å². The van der Waals surface area contributed by atoms with Crippen molar-refractivity contribution in [3.8, 4) is 0 Å². The highest BCUT2D eigenvalue weighted by Gasteiger charge is 2.20. The van der Waals surface area contributed by atoms with Gasteiger partial charge in [0.25, 0.3) is 15.9 Å². The predicted octanol–water partition coefficient (Wildman–Crippen LogP) is 2.92. The first kappa shape index (κ1) is 16.5. The van der Waals surface area contributed by atoms with Crippen molar-refractivity contribution in [1.82, 2.24) is 5.32 Å². The number of carbonyl (C=O) groups excluding carboxylic acids is 1. The smallest absolute Gasteiger partial charge is 0.262 e. The van der Waals surface area contributed by atoms with Gasteiger partial charge in [0.2, 0.25) is 0 Å². The summed E-state index contributed by atoms with van der Waals surface area (Å²) in [6, 6.07) is 11.5. The third kappa shape index (κ3) is 3.48. The van der Waals surface area contributed by atoms with E-state index in [-0.39, 0.29) is 22.1 Å². The number of amides is 1. The Kier molecular flexibility index (Phi) is 4.87. The highest BCUT2D eigenvalue weighted by molar-refractivity contribution is 9.10. The molecule has 0 aromatic heterocycles. The summed E-state index contributed by atoms with van der Waals surface area (Å²) in [5.41, 5.74) is 1.12. The van der Waals surface area contributed by atoms with Crippen LogP contribution >= 0.6 is 15.9 Å². The van der Waals surface area contributed by atoms with Crippen molar-refractivity contribution in [3.63, 3.8) is 0 Å². The molecule has 0 unspecified atom stereocenters. The molecule has 0 aliphatic rings. The van der Waals surface area contributed by atoms with Crippen LogP contribution in [-0.2, 0) is 10.0 Å². The fourth-order valence-electron chi connectivity index (χ4n) is 1.97. The van der Waals surface area contributed by atoms with E-state index in [0.29, 0.717) is 10.0 Å². The molecule has 2 rings (SSSR count). The number of hydrogen-bond acceptors (Lipinski definition) is 3. The molecule has 0 aliphatic carbocycles. The van der Waals surface area contributed by atoms with E-state index in [1.54, 1.807) is 43.3 Å². The van der Waals surface area contributed by atoms with Crippen LogP contribution in [0.1, 0.15) is 15.9 Å². The number of nitrogens with one attached hydrogen (secondary N) is 2. The standard InChI is InChI=1S/C15H15BrN2O3S/c1-10-7-8-11(16)9-14(10)22(20,21)18-13-6-4-3-5-12(13)15(19)17-2/h3-9,18H,1-2H3,(H,17,19).